The summed E-state index contributed by atoms with van der Waals surface area (Å²) in [6.07, 6.45) is 0. The molecule has 1 unspecified atom stereocenters. The fourth-order valence-corrected chi connectivity index (χ4v) is 2.68. The topological polar surface area (TPSA) is 45.7 Å². The zero-order chi connectivity index (χ0) is 16.2. The molecule has 0 aliphatic carbocycles. The molecule has 0 aromatic heterocycles. The van der Waals surface area contributed by atoms with Crippen LogP contribution in [0.2, 0.25) is 0 Å². The average Bonchev–Trinajstić information content (AvgIpc) is 2.49. The Balaban J connectivity index is 0.00000484. The molecule has 23 heavy (non-hydrogen) atoms. The number of nitrogens with one attached hydrogen (secondary N) is 2. The monoisotopic (exact) mass is 455 g/mol. The lowest BCUT2D eigenvalue weighted by atomic mass is 10.2. The van der Waals surface area contributed by atoms with Gasteiger partial charge in [-0.25, -0.2) is 4.39 Å². The van der Waals surface area contributed by atoms with E-state index >= 15 is 0 Å². The van der Waals surface area contributed by atoms with E-state index in [4.69, 9.17) is 4.74 Å². The predicted octanol–water partition coefficient (Wildman–Crippen LogP) is 3.27. The first-order valence-corrected chi connectivity index (χ1v) is 8.67. The van der Waals surface area contributed by atoms with Gasteiger partial charge < -0.3 is 15.4 Å². The number of nitrogens with zero attached hydrogens (tertiary/aromatic N) is 1. The van der Waals surface area contributed by atoms with Crippen molar-refractivity contribution in [2.45, 2.75) is 25.6 Å². The van der Waals surface area contributed by atoms with Gasteiger partial charge in [-0.2, -0.15) is 11.8 Å². The number of rotatable bonds is 9. The van der Waals surface area contributed by atoms with Crippen molar-refractivity contribution in [2.75, 3.05) is 32.6 Å². The Labute approximate surface area is 160 Å². The molecule has 0 aliphatic rings. The van der Waals surface area contributed by atoms with E-state index in [1.165, 1.54) is 6.07 Å². The van der Waals surface area contributed by atoms with Crippen molar-refractivity contribution in [3.8, 4) is 0 Å². The number of halogens is 2. The van der Waals surface area contributed by atoms with Gasteiger partial charge in [-0.15, -0.1) is 24.0 Å². The van der Waals surface area contributed by atoms with Crippen molar-refractivity contribution in [1.82, 2.24) is 10.6 Å². The lowest BCUT2D eigenvalue weighted by Crippen LogP contribution is -2.44. The van der Waals surface area contributed by atoms with Gasteiger partial charge in [0.2, 0.25) is 0 Å². The first-order valence-electron chi connectivity index (χ1n) is 7.52. The van der Waals surface area contributed by atoms with Gasteiger partial charge >= 0.3 is 0 Å². The number of benzene rings is 1. The number of aliphatic imine (C=N–C) groups is 1. The van der Waals surface area contributed by atoms with Crippen molar-refractivity contribution in [3.63, 3.8) is 0 Å². The summed E-state index contributed by atoms with van der Waals surface area (Å²) in [6.45, 7) is 6.21. The zero-order valence-corrected chi connectivity index (χ0v) is 17.1. The number of hydrogen-bond acceptors (Lipinski definition) is 3. The third-order valence-corrected chi connectivity index (χ3v) is 3.85. The Hall–Kier alpha value is -0.540. The van der Waals surface area contributed by atoms with Gasteiger partial charge in [0.15, 0.2) is 5.96 Å². The number of thioether (sulfide) groups is 1. The molecular weight excluding hydrogens is 428 g/mol. The van der Waals surface area contributed by atoms with E-state index in [-0.39, 0.29) is 35.8 Å². The van der Waals surface area contributed by atoms with Crippen LogP contribution in [0.5, 0.6) is 0 Å². The van der Waals surface area contributed by atoms with E-state index in [0.29, 0.717) is 18.9 Å². The highest BCUT2D eigenvalue weighted by molar-refractivity contribution is 14.0. The summed E-state index contributed by atoms with van der Waals surface area (Å²) in [7, 11) is 1.68. The first kappa shape index (κ1) is 22.5. The second-order valence-electron chi connectivity index (χ2n) is 4.91. The van der Waals surface area contributed by atoms with Crippen LogP contribution in [0.15, 0.2) is 29.3 Å². The maximum absolute atomic E-state index is 13.5. The van der Waals surface area contributed by atoms with E-state index in [9.17, 15) is 4.39 Å². The van der Waals surface area contributed by atoms with Crippen LogP contribution >= 0.6 is 35.7 Å². The fraction of sp³-hybridized carbons (Fsp3) is 0.562. The molecule has 1 aromatic carbocycles. The highest BCUT2D eigenvalue weighted by atomic mass is 127. The van der Waals surface area contributed by atoms with Gasteiger partial charge in [-0.05, 0) is 25.5 Å². The van der Waals surface area contributed by atoms with Crippen molar-refractivity contribution in [3.05, 3.63) is 35.6 Å². The quantitative estimate of drug-likeness (QED) is 0.260. The minimum Gasteiger partial charge on any atom is -0.383 e. The van der Waals surface area contributed by atoms with Crippen molar-refractivity contribution < 1.29 is 9.13 Å². The molecule has 2 N–H and O–H groups in total. The average molecular weight is 455 g/mol. The van der Waals surface area contributed by atoms with E-state index in [1.54, 1.807) is 24.9 Å². The SMILES string of the molecule is CCNC(=NCCSCc1ccccc1F)NC(C)COC.I. The molecule has 0 spiro atoms. The number of methoxy groups -OCH3 is 1. The van der Waals surface area contributed by atoms with Gasteiger partial charge in [-0.3, -0.25) is 4.99 Å². The summed E-state index contributed by atoms with van der Waals surface area (Å²) in [4.78, 5) is 4.51. The van der Waals surface area contributed by atoms with Gasteiger partial charge in [0.05, 0.1) is 13.2 Å². The molecule has 0 saturated carbocycles. The number of ether oxygens (including phenoxy) is 1. The molecular formula is C16H27FIN3OS. The van der Waals surface area contributed by atoms with Crippen LogP contribution < -0.4 is 10.6 Å². The van der Waals surface area contributed by atoms with Crippen LogP contribution in [0.25, 0.3) is 0 Å². The van der Waals surface area contributed by atoms with Crippen LogP contribution in [0.1, 0.15) is 19.4 Å². The highest BCUT2D eigenvalue weighted by Crippen LogP contribution is 2.14. The van der Waals surface area contributed by atoms with Gasteiger partial charge in [0.1, 0.15) is 5.82 Å². The molecule has 1 rings (SSSR count). The Morgan fingerprint density at radius 2 is 2.13 bits per heavy atom. The molecule has 0 aliphatic heterocycles. The Kier molecular flexibility index (Phi) is 13.5. The first-order chi connectivity index (χ1) is 10.7. The van der Waals surface area contributed by atoms with Crippen LogP contribution in [0, 0.1) is 5.82 Å². The second kappa shape index (κ2) is 13.9. The minimum atomic E-state index is -0.137. The van der Waals surface area contributed by atoms with E-state index in [0.717, 1.165) is 23.8 Å². The van der Waals surface area contributed by atoms with E-state index < -0.39 is 0 Å². The van der Waals surface area contributed by atoms with Crippen molar-refractivity contribution >= 4 is 41.7 Å². The molecule has 0 saturated heterocycles. The maximum atomic E-state index is 13.5. The largest absolute Gasteiger partial charge is 0.383 e. The normalized spacial score (nSPS) is 12.4. The summed E-state index contributed by atoms with van der Waals surface area (Å²) in [5, 5.41) is 6.48. The molecule has 4 nitrogen and oxygen atoms in total. The summed E-state index contributed by atoms with van der Waals surface area (Å²) in [5.74, 6) is 2.18. The molecule has 7 heteroatoms. The van der Waals surface area contributed by atoms with Gasteiger partial charge in [0.25, 0.3) is 0 Å². The third-order valence-electron chi connectivity index (χ3n) is 2.86. The Morgan fingerprint density at radius 3 is 2.78 bits per heavy atom. The maximum Gasteiger partial charge on any atom is 0.191 e. The lowest BCUT2D eigenvalue weighted by Gasteiger charge is -2.16. The standard InChI is InChI=1S/C16H26FN3OS.HI/c1-4-18-16(20-13(2)11-21-3)19-9-10-22-12-14-7-5-6-8-15(14)17;/h5-8,13H,4,9-12H2,1-3H3,(H2,18,19,20);1H. The Bertz CT molecular complexity index is 463. The third kappa shape index (κ3) is 10.0. The van der Waals surface area contributed by atoms with Crippen molar-refractivity contribution in [1.29, 1.82) is 0 Å². The summed E-state index contributed by atoms with van der Waals surface area (Å²) < 4.78 is 18.6. The van der Waals surface area contributed by atoms with E-state index in [2.05, 4.69) is 15.6 Å². The Morgan fingerprint density at radius 1 is 1.39 bits per heavy atom. The lowest BCUT2D eigenvalue weighted by molar-refractivity contribution is 0.179. The molecule has 132 valence electrons. The van der Waals surface area contributed by atoms with Gasteiger partial charge in [0, 0.05) is 31.2 Å². The summed E-state index contributed by atoms with van der Waals surface area (Å²) in [5.41, 5.74) is 0.746. The fourth-order valence-electron chi connectivity index (χ4n) is 1.86. The molecule has 0 fully saturated rings. The molecule has 1 atom stereocenters. The van der Waals surface area contributed by atoms with Crippen molar-refractivity contribution in [2.24, 2.45) is 4.99 Å². The minimum absolute atomic E-state index is 0. The number of guanidine groups is 1. The number of hydrogen-bond donors (Lipinski definition) is 2. The smallest absolute Gasteiger partial charge is 0.191 e. The summed E-state index contributed by atoms with van der Waals surface area (Å²) in [6, 6.07) is 7.10. The summed E-state index contributed by atoms with van der Waals surface area (Å²) >= 11 is 1.68. The van der Waals surface area contributed by atoms with Crippen LogP contribution in [0.3, 0.4) is 0 Å². The zero-order valence-electron chi connectivity index (χ0n) is 14.0. The van der Waals surface area contributed by atoms with E-state index in [1.807, 2.05) is 26.0 Å². The predicted molar refractivity (Wildman–Crippen MR) is 108 cm³/mol. The van der Waals surface area contributed by atoms with Gasteiger partial charge in [-0.1, -0.05) is 18.2 Å². The molecule has 0 heterocycles. The van der Waals surface area contributed by atoms with Crippen LogP contribution in [-0.4, -0.2) is 44.6 Å². The molecule has 0 amide bonds. The molecule has 0 radical (unpaired) electrons. The van der Waals surface area contributed by atoms with Crippen LogP contribution in [0.4, 0.5) is 4.39 Å². The molecule has 0 bridgehead atoms. The highest BCUT2D eigenvalue weighted by Gasteiger charge is 2.04. The van der Waals surface area contributed by atoms with Crippen LogP contribution in [-0.2, 0) is 10.5 Å². The molecule has 1 aromatic rings. The second-order valence-corrected chi connectivity index (χ2v) is 6.01.